The molecular weight excluding hydrogens is 372 g/mol. The molecule has 0 bridgehead atoms. The standard InChI is InChI=1S/C27H29O3/c1-18-19(2)26-24(20(3)25(18)28)14-15-27(4,30-26)17-29-23-12-10-22(11-13-23)16-21-8-6-5-7-9-21/h5-12,28H,14-17H2,1-4H3. The number of hydrogen-bond acceptors (Lipinski definition) is 3. The molecule has 30 heavy (non-hydrogen) atoms. The van der Waals surface area contributed by atoms with Crippen molar-refractivity contribution in [2.45, 2.75) is 52.6 Å². The minimum absolute atomic E-state index is 0.389. The summed E-state index contributed by atoms with van der Waals surface area (Å²) in [5, 5.41) is 10.4. The van der Waals surface area contributed by atoms with E-state index in [1.807, 2.05) is 39.0 Å². The van der Waals surface area contributed by atoms with Crippen molar-refractivity contribution >= 4 is 0 Å². The van der Waals surface area contributed by atoms with Gasteiger partial charge in [0.25, 0.3) is 0 Å². The molecule has 4 rings (SSSR count). The monoisotopic (exact) mass is 401 g/mol. The van der Waals surface area contributed by atoms with Gasteiger partial charge in [-0.25, -0.2) is 0 Å². The molecule has 0 spiro atoms. The quantitative estimate of drug-likeness (QED) is 0.581. The first-order valence-electron chi connectivity index (χ1n) is 10.5. The van der Waals surface area contributed by atoms with Crippen LogP contribution in [0.4, 0.5) is 0 Å². The fourth-order valence-corrected chi connectivity index (χ4v) is 4.10. The van der Waals surface area contributed by atoms with Crippen LogP contribution in [0.25, 0.3) is 0 Å². The molecule has 1 radical (unpaired) electrons. The molecule has 0 amide bonds. The molecule has 3 aromatic carbocycles. The number of aromatic hydroxyl groups is 1. The third-order valence-corrected chi connectivity index (χ3v) is 6.23. The van der Waals surface area contributed by atoms with Crippen LogP contribution in [0.15, 0.2) is 48.5 Å². The summed E-state index contributed by atoms with van der Waals surface area (Å²) in [6.45, 7) is 8.47. The second-order valence-electron chi connectivity index (χ2n) is 8.60. The maximum absolute atomic E-state index is 10.4. The number of ether oxygens (including phenoxy) is 2. The molecule has 3 heteroatoms. The molecule has 0 aliphatic carbocycles. The van der Waals surface area contributed by atoms with Crippen molar-refractivity contribution in [3.63, 3.8) is 0 Å². The van der Waals surface area contributed by atoms with Crippen LogP contribution in [0.5, 0.6) is 17.2 Å². The minimum atomic E-state index is -0.413. The van der Waals surface area contributed by atoms with E-state index in [0.717, 1.165) is 53.0 Å². The molecule has 1 atom stereocenters. The normalized spacial score (nSPS) is 17.9. The Labute approximate surface area is 179 Å². The van der Waals surface area contributed by atoms with E-state index in [1.54, 1.807) is 0 Å². The molecule has 155 valence electrons. The Hall–Kier alpha value is -2.94. The Morgan fingerprint density at radius 3 is 2.47 bits per heavy atom. The molecule has 1 aliphatic heterocycles. The molecule has 1 unspecified atom stereocenters. The van der Waals surface area contributed by atoms with Crippen molar-refractivity contribution in [3.8, 4) is 17.2 Å². The van der Waals surface area contributed by atoms with E-state index in [4.69, 9.17) is 9.47 Å². The van der Waals surface area contributed by atoms with Crippen LogP contribution >= 0.6 is 0 Å². The van der Waals surface area contributed by atoms with E-state index in [0.29, 0.717) is 12.4 Å². The zero-order valence-electron chi connectivity index (χ0n) is 18.2. The molecule has 0 fully saturated rings. The van der Waals surface area contributed by atoms with E-state index < -0.39 is 5.60 Å². The number of phenolic OH excluding ortho intramolecular Hbond substituents is 1. The maximum atomic E-state index is 10.4. The molecule has 1 N–H and O–H groups in total. The number of phenols is 1. The van der Waals surface area contributed by atoms with E-state index in [2.05, 4.69) is 43.3 Å². The van der Waals surface area contributed by atoms with Gasteiger partial charge in [0.2, 0.25) is 0 Å². The van der Waals surface area contributed by atoms with Gasteiger partial charge in [-0.15, -0.1) is 0 Å². The number of fused-ring (bicyclic) bond motifs is 1. The molecular formula is C27H29O3. The topological polar surface area (TPSA) is 38.7 Å². The fraction of sp³-hybridized carbons (Fsp3) is 0.333. The average Bonchev–Trinajstić information content (AvgIpc) is 2.76. The average molecular weight is 402 g/mol. The predicted octanol–water partition coefficient (Wildman–Crippen LogP) is 5.87. The Morgan fingerprint density at radius 2 is 1.77 bits per heavy atom. The first-order valence-corrected chi connectivity index (χ1v) is 10.5. The van der Waals surface area contributed by atoms with Crippen molar-refractivity contribution in [1.82, 2.24) is 0 Å². The summed E-state index contributed by atoms with van der Waals surface area (Å²) >= 11 is 0. The molecule has 0 aromatic heterocycles. The van der Waals surface area contributed by atoms with Crippen LogP contribution in [0, 0.1) is 26.8 Å². The number of benzene rings is 3. The van der Waals surface area contributed by atoms with E-state index in [-0.39, 0.29) is 0 Å². The van der Waals surface area contributed by atoms with E-state index in [9.17, 15) is 5.11 Å². The zero-order chi connectivity index (χ0) is 21.3. The third kappa shape index (κ3) is 4.02. The second-order valence-corrected chi connectivity index (χ2v) is 8.60. The summed E-state index contributed by atoms with van der Waals surface area (Å²) in [5.41, 5.74) is 6.03. The van der Waals surface area contributed by atoms with Gasteiger partial charge in [-0.3, -0.25) is 0 Å². The van der Waals surface area contributed by atoms with Crippen molar-refractivity contribution in [1.29, 1.82) is 0 Å². The number of rotatable bonds is 5. The van der Waals surface area contributed by atoms with Crippen LogP contribution in [0.1, 0.15) is 46.7 Å². The Kier molecular flexibility index (Phi) is 5.46. The lowest BCUT2D eigenvalue weighted by Crippen LogP contribution is -2.42. The van der Waals surface area contributed by atoms with Crippen LogP contribution < -0.4 is 9.47 Å². The van der Waals surface area contributed by atoms with Crippen LogP contribution in [0.2, 0.25) is 0 Å². The highest BCUT2D eigenvalue weighted by Crippen LogP contribution is 2.43. The van der Waals surface area contributed by atoms with Gasteiger partial charge in [0, 0.05) is 11.6 Å². The van der Waals surface area contributed by atoms with Gasteiger partial charge in [-0.1, -0.05) is 36.4 Å². The first kappa shape index (κ1) is 20.3. The molecule has 3 nitrogen and oxygen atoms in total. The summed E-state index contributed by atoms with van der Waals surface area (Å²) in [4.78, 5) is 0. The summed E-state index contributed by atoms with van der Waals surface area (Å²) in [6.07, 6.45) is 2.60. The van der Waals surface area contributed by atoms with Gasteiger partial charge in [-0.05, 0) is 86.9 Å². The van der Waals surface area contributed by atoms with Crippen LogP contribution in [0.3, 0.4) is 0 Å². The summed E-state index contributed by atoms with van der Waals surface area (Å²) in [7, 11) is 0. The zero-order valence-corrected chi connectivity index (χ0v) is 18.2. The minimum Gasteiger partial charge on any atom is -0.507 e. The van der Waals surface area contributed by atoms with Crippen molar-refractivity contribution in [2.75, 3.05) is 6.61 Å². The van der Waals surface area contributed by atoms with Crippen molar-refractivity contribution in [3.05, 3.63) is 88.0 Å². The fourth-order valence-electron chi connectivity index (χ4n) is 4.10. The van der Waals surface area contributed by atoms with E-state index >= 15 is 0 Å². The second kappa shape index (κ2) is 8.06. The van der Waals surface area contributed by atoms with Gasteiger partial charge in [0.15, 0.2) is 0 Å². The Morgan fingerprint density at radius 1 is 1.00 bits per heavy atom. The van der Waals surface area contributed by atoms with Crippen LogP contribution in [-0.2, 0) is 12.8 Å². The Bertz CT molecular complexity index is 1040. The largest absolute Gasteiger partial charge is 0.507 e. The van der Waals surface area contributed by atoms with Crippen LogP contribution in [-0.4, -0.2) is 17.3 Å². The molecule has 1 heterocycles. The van der Waals surface area contributed by atoms with Gasteiger partial charge in [-0.2, -0.15) is 0 Å². The summed E-state index contributed by atoms with van der Waals surface area (Å²) in [6, 6.07) is 19.8. The lowest BCUT2D eigenvalue weighted by atomic mass is 9.87. The van der Waals surface area contributed by atoms with Gasteiger partial charge in [0.1, 0.15) is 29.5 Å². The predicted molar refractivity (Wildman–Crippen MR) is 120 cm³/mol. The summed E-state index contributed by atoms with van der Waals surface area (Å²) < 4.78 is 12.5. The highest BCUT2D eigenvalue weighted by Gasteiger charge is 2.35. The third-order valence-electron chi connectivity index (χ3n) is 6.23. The lowest BCUT2D eigenvalue weighted by Gasteiger charge is -2.37. The molecule has 0 saturated carbocycles. The van der Waals surface area contributed by atoms with E-state index in [1.165, 1.54) is 11.1 Å². The number of hydrogen-bond donors (Lipinski definition) is 1. The van der Waals surface area contributed by atoms with Gasteiger partial charge in [0.05, 0.1) is 0 Å². The molecule has 1 aliphatic rings. The Balaban J connectivity index is 1.43. The van der Waals surface area contributed by atoms with Gasteiger partial charge < -0.3 is 14.6 Å². The van der Waals surface area contributed by atoms with Crippen molar-refractivity contribution in [2.24, 2.45) is 0 Å². The highest BCUT2D eigenvalue weighted by atomic mass is 16.5. The SMILES string of the molecule is Cc1c(C)c2c(c(C)c1O)CCC(C)(COc1[c]cc(Cc3ccccc3)cc1)O2. The van der Waals surface area contributed by atoms with Gasteiger partial charge >= 0.3 is 0 Å². The van der Waals surface area contributed by atoms with Crippen molar-refractivity contribution < 1.29 is 14.6 Å². The lowest BCUT2D eigenvalue weighted by molar-refractivity contribution is 0.0165. The molecule has 3 aromatic rings. The smallest absolute Gasteiger partial charge is 0.140 e. The maximum Gasteiger partial charge on any atom is 0.140 e. The summed E-state index contributed by atoms with van der Waals surface area (Å²) in [5.74, 6) is 2.03. The highest BCUT2D eigenvalue weighted by molar-refractivity contribution is 5.58. The molecule has 0 saturated heterocycles. The first-order chi connectivity index (χ1) is 14.4.